The van der Waals surface area contributed by atoms with Gasteiger partial charge in [0.1, 0.15) is 6.04 Å². The van der Waals surface area contributed by atoms with Crippen LogP contribution in [0.15, 0.2) is 89.8 Å². The molecule has 220 valence electrons. The molecule has 2 heterocycles. The highest BCUT2D eigenvalue weighted by molar-refractivity contribution is 7.92. The predicted molar refractivity (Wildman–Crippen MR) is 156 cm³/mol. The van der Waals surface area contributed by atoms with Gasteiger partial charge in [0.05, 0.1) is 17.1 Å². The molecule has 0 saturated carbocycles. The highest BCUT2D eigenvalue weighted by Crippen LogP contribution is 2.26. The summed E-state index contributed by atoms with van der Waals surface area (Å²) in [6.07, 6.45) is 1.33. The lowest BCUT2D eigenvalue weighted by atomic mass is 10.1. The molecule has 2 saturated heterocycles. The van der Waals surface area contributed by atoms with Gasteiger partial charge in [-0.15, -0.1) is 0 Å². The van der Waals surface area contributed by atoms with E-state index < -0.39 is 22.0 Å². The molecule has 1 unspecified atom stereocenters. The number of piperazine rings is 1. The van der Waals surface area contributed by atoms with Gasteiger partial charge < -0.3 is 25.3 Å². The van der Waals surface area contributed by atoms with Crippen molar-refractivity contribution in [2.45, 2.75) is 23.8 Å². The van der Waals surface area contributed by atoms with Crippen molar-refractivity contribution in [3.8, 4) is 5.75 Å². The molecule has 3 aromatic rings. The zero-order valence-electron chi connectivity index (χ0n) is 23.0. The van der Waals surface area contributed by atoms with Crippen molar-refractivity contribution in [2.75, 3.05) is 43.7 Å². The SMILES string of the molecule is O=C(NCC(=O)N1CCCC1C(=O)N1CCNCC1)c1ccc(S(=O)(=O)N(Oc2ccccc2)c2ccccc2)cc1. The number of hydrogen-bond donors (Lipinski definition) is 2. The highest BCUT2D eigenvalue weighted by atomic mass is 32.2. The van der Waals surface area contributed by atoms with Crippen LogP contribution in [0.2, 0.25) is 0 Å². The van der Waals surface area contributed by atoms with E-state index in [0.29, 0.717) is 37.5 Å². The average Bonchev–Trinajstić information content (AvgIpc) is 3.53. The summed E-state index contributed by atoms with van der Waals surface area (Å²) in [7, 11) is -4.18. The third-order valence-electron chi connectivity index (χ3n) is 7.22. The van der Waals surface area contributed by atoms with E-state index in [9.17, 15) is 22.8 Å². The topological polar surface area (TPSA) is 128 Å². The van der Waals surface area contributed by atoms with E-state index in [2.05, 4.69) is 10.6 Å². The maximum atomic E-state index is 13.6. The summed E-state index contributed by atoms with van der Waals surface area (Å²) < 4.78 is 28.0. The minimum Gasteiger partial charge on any atom is -0.364 e. The molecule has 0 bridgehead atoms. The Morgan fingerprint density at radius 1 is 0.881 bits per heavy atom. The lowest BCUT2D eigenvalue weighted by molar-refractivity contribution is -0.143. The van der Waals surface area contributed by atoms with Gasteiger partial charge in [0.15, 0.2) is 5.75 Å². The van der Waals surface area contributed by atoms with E-state index in [1.54, 1.807) is 70.5 Å². The molecular weight excluding hydrogens is 558 g/mol. The second-order valence-electron chi connectivity index (χ2n) is 10.00. The Hall–Kier alpha value is -4.42. The minimum atomic E-state index is -4.18. The number of benzene rings is 3. The van der Waals surface area contributed by atoms with Gasteiger partial charge in [-0.2, -0.15) is 8.42 Å². The monoisotopic (exact) mass is 591 g/mol. The van der Waals surface area contributed by atoms with Crippen molar-refractivity contribution in [2.24, 2.45) is 0 Å². The van der Waals surface area contributed by atoms with Gasteiger partial charge in [0.2, 0.25) is 11.8 Å². The molecule has 5 rings (SSSR count). The number of carbonyl (C=O) groups is 3. The van der Waals surface area contributed by atoms with E-state index in [0.717, 1.165) is 24.0 Å². The quantitative estimate of drug-likeness (QED) is 0.365. The summed E-state index contributed by atoms with van der Waals surface area (Å²) in [5.41, 5.74) is 0.490. The number of likely N-dealkylation sites (tertiary alicyclic amines) is 1. The van der Waals surface area contributed by atoms with E-state index in [1.165, 1.54) is 24.3 Å². The summed E-state index contributed by atoms with van der Waals surface area (Å²) >= 11 is 0. The van der Waals surface area contributed by atoms with Crippen molar-refractivity contribution < 1.29 is 27.6 Å². The maximum absolute atomic E-state index is 13.6. The van der Waals surface area contributed by atoms with Crippen LogP contribution in [0.3, 0.4) is 0 Å². The molecule has 42 heavy (non-hydrogen) atoms. The molecule has 2 aliphatic heterocycles. The Morgan fingerprint density at radius 3 is 2.19 bits per heavy atom. The second kappa shape index (κ2) is 13.0. The van der Waals surface area contributed by atoms with Gasteiger partial charge in [0, 0.05) is 38.3 Å². The molecule has 2 aliphatic rings. The summed E-state index contributed by atoms with van der Waals surface area (Å²) in [6.45, 7) is 2.88. The fourth-order valence-electron chi connectivity index (χ4n) is 5.02. The zero-order chi connectivity index (χ0) is 29.5. The van der Waals surface area contributed by atoms with Crippen LogP contribution in [0.25, 0.3) is 0 Å². The number of nitrogens with zero attached hydrogens (tertiary/aromatic N) is 3. The summed E-state index contributed by atoms with van der Waals surface area (Å²) in [6, 6.07) is 21.8. The molecular formula is C30H33N5O6S. The van der Waals surface area contributed by atoms with Crippen LogP contribution in [0.5, 0.6) is 5.75 Å². The Kier molecular flexibility index (Phi) is 9.03. The standard InChI is InChI=1S/C30H33N5O6S/c36-28(34-19-7-12-27(34)30(38)33-20-17-31-18-21-33)22-32-29(37)23-13-15-26(16-14-23)42(39,40)35(24-8-3-1-4-9-24)41-25-10-5-2-6-11-25/h1-6,8-11,13-16,27,31H,7,12,17-22H2,(H,32,37). The van der Waals surface area contributed by atoms with Crippen LogP contribution in [0, 0.1) is 0 Å². The number of sulfonamides is 1. The second-order valence-corrected chi connectivity index (χ2v) is 11.8. The van der Waals surface area contributed by atoms with Gasteiger partial charge in [-0.1, -0.05) is 40.9 Å². The maximum Gasteiger partial charge on any atom is 0.295 e. The molecule has 2 N–H and O–H groups in total. The number of rotatable bonds is 9. The molecule has 0 aromatic heterocycles. The number of amides is 3. The van der Waals surface area contributed by atoms with Crippen molar-refractivity contribution in [1.82, 2.24) is 20.4 Å². The van der Waals surface area contributed by atoms with E-state index in [-0.39, 0.29) is 28.8 Å². The fraction of sp³-hybridized carbons (Fsp3) is 0.300. The molecule has 0 radical (unpaired) electrons. The van der Waals surface area contributed by atoms with Crippen LogP contribution in [-0.4, -0.2) is 81.2 Å². The van der Waals surface area contributed by atoms with Crippen LogP contribution in [-0.2, 0) is 19.6 Å². The van der Waals surface area contributed by atoms with Crippen LogP contribution >= 0.6 is 0 Å². The molecule has 1 atom stereocenters. The lowest BCUT2D eigenvalue weighted by Crippen LogP contribution is -2.54. The Bertz CT molecular complexity index is 1500. The van der Waals surface area contributed by atoms with E-state index in [1.807, 2.05) is 0 Å². The number of anilines is 1. The molecule has 12 heteroatoms. The van der Waals surface area contributed by atoms with Crippen molar-refractivity contribution in [3.63, 3.8) is 0 Å². The van der Waals surface area contributed by atoms with Gasteiger partial charge >= 0.3 is 0 Å². The number of nitrogens with one attached hydrogen (secondary N) is 2. The predicted octanol–water partition coefficient (Wildman–Crippen LogP) is 2.03. The molecule has 0 aliphatic carbocycles. The Morgan fingerprint density at radius 2 is 1.52 bits per heavy atom. The number of carbonyl (C=O) groups excluding carboxylic acids is 3. The molecule has 0 spiro atoms. The van der Waals surface area contributed by atoms with Gasteiger partial charge in [-0.05, 0) is 61.4 Å². The van der Waals surface area contributed by atoms with Gasteiger partial charge in [-0.25, -0.2) is 0 Å². The first kappa shape index (κ1) is 29.1. The first-order valence-electron chi connectivity index (χ1n) is 13.9. The average molecular weight is 592 g/mol. The number of hydrogen-bond acceptors (Lipinski definition) is 7. The van der Waals surface area contributed by atoms with Crippen LogP contribution in [0.4, 0.5) is 5.69 Å². The Balaban J connectivity index is 1.23. The van der Waals surface area contributed by atoms with Crippen molar-refractivity contribution in [3.05, 3.63) is 90.5 Å². The summed E-state index contributed by atoms with van der Waals surface area (Å²) in [5, 5.41) is 5.82. The minimum absolute atomic E-state index is 0.0498. The molecule has 11 nitrogen and oxygen atoms in total. The van der Waals surface area contributed by atoms with Crippen molar-refractivity contribution >= 4 is 33.4 Å². The molecule has 3 amide bonds. The first-order chi connectivity index (χ1) is 20.3. The van der Waals surface area contributed by atoms with Crippen molar-refractivity contribution in [1.29, 1.82) is 0 Å². The molecule has 2 fully saturated rings. The summed E-state index contributed by atoms with van der Waals surface area (Å²) in [5.74, 6) is -0.575. The number of para-hydroxylation sites is 2. The molecule has 3 aromatic carbocycles. The van der Waals surface area contributed by atoms with E-state index in [4.69, 9.17) is 4.84 Å². The summed E-state index contributed by atoms with van der Waals surface area (Å²) in [4.78, 5) is 47.8. The zero-order valence-corrected chi connectivity index (χ0v) is 23.8. The van der Waals surface area contributed by atoms with Gasteiger partial charge in [0.25, 0.3) is 15.9 Å². The normalized spacial score (nSPS) is 17.0. The Labute approximate surface area is 245 Å². The van der Waals surface area contributed by atoms with Crippen LogP contribution in [0.1, 0.15) is 23.2 Å². The smallest absolute Gasteiger partial charge is 0.295 e. The van der Waals surface area contributed by atoms with Crippen LogP contribution < -0.4 is 19.9 Å². The third kappa shape index (κ3) is 6.55. The van der Waals surface area contributed by atoms with E-state index >= 15 is 0 Å². The largest absolute Gasteiger partial charge is 0.364 e. The highest BCUT2D eigenvalue weighted by Gasteiger charge is 2.36. The lowest BCUT2D eigenvalue weighted by Gasteiger charge is -2.33. The third-order valence-corrected chi connectivity index (χ3v) is 8.81. The van der Waals surface area contributed by atoms with Gasteiger partial charge in [-0.3, -0.25) is 14.4 Å². The fourth-order valence-corrected chi connectivity index (χ4v) is 6.27. The first-order valence-corrected chi connectivity index (χ1v) is 15.3.